The second kappa shape index (κ2) is 8.96. The Kier molecular flexibility index (Phi) is 7.62. The van der Waals surface area contributed by atoms with Gasteiger partial charge in [-0.2, -0.15) is 0 Å². The lowest BCUT2D eigenvalue weighted by Gasteiger charge is -2.18. The van der Waals surface area contributed by atoms with Gasteiger partial charge in [0.05, 0.1) is 6.54 Å². The molecule has 3 N–H and O–H groups in total. The third-order valence-corrected chi connectivity index (χ3v) is 3.89. The van der Waals surface area contributed by atoms with Crippen molar-refractivity contribution in [1.29, 1.82) is 0 Å². The lowest BCUT2D eigenvalue weighted by molar-refractivity contribution is -0.122. The van der Waals surface area contributed by atoms with Gasteiger partial charge in [0.15, 0.2) is 0 Å². The molecule has 22 heavy (non-hydrogen) atoms. The predicted molar refractivity (Wildman–Crippen MR) is 86.7 cm³/mol. The van der Waals surface area contributed by atoms with Gasteiger partial charge in [-0.25, -0.2) is 4.39 Å². The van der Waals surface area contributed by atoms with Crippen LogP contribution in [0, 0.1) is 11.7 Å². The van der Waals surface area contributed by atoms with Crippen LogP contribution >= 0.6 is 12.4 Å². The van der Waals surface area contributed by atoms with E-state index >= 15 is 0 Å². The molecule has 1 unspecified atom stereocenters. The van der Waals surface area contributed by atoms with Crippen molar-refractivity contribution in [2.75, 3.05) is 6.54 Å². The first kappa shape index (κ1) is 18.7. The lowest BCUT2D eigenvalue weighted by atomic mass is 10.00. The molecule has 0 aliphatic heterocycles. The molecular formula is C16H24ClFN2O2. The molecular weight excluding hydrogens is 307 g/mol. The molecule has 1 aromatic carbocycles. The zero-order chi connectivity index (χ0) is 15.2. The monoisotopic (exact) mass is 330 g/mol. The highest BCUT2D eigenvalue weighted by Gasteiger charge is 2.26. The summed E-state index contributed by atoms with van der Waals surface area (Å²) in [5.41, 5.74) is 5.96. The summed E-state index contributed by atoms with van der Waals surface area (Å²) in [5.74, 6) is 0.435. The van der Waals surface area contributed by atoms with E-state index in [9.17, 15) is 9.18 Å². The lowest BCUT2D eigenvalue weighted by Crippen LogP contribution is -2.36. The van der Waals surface area contributed by atoms with E-state index < -0.39 is 0 Å². The van der Waals surface area contributed by atoms with Gasteiger partial charge >= 0.3 is 0 Å². The van der Waals surface area contributed by atoms with Crippen LogP contribution in [0.5, 0.6) is 5.75 Å². The van der Waals surface area contributed by atoms with E-state index in [1.807, 2.05) is 6.92 Å². The van der Waals surface area contributed by atoms with Crippen LogP contribution in [0.1, 0.15) is 32.6 Å². The number of carbonyl (C=O) groups excluding carboxylic acids is 1. The third kappa shape index (κ3) is 5.81. The van der Waals surface area contributed by atoms with E-state index in [-0.39, 0.29) is 36.3 Å². The minimum absolute atomic E-state index is 0. The van der Waals surface area contributed by atoms with Crippen LogP contribution in [0.3, 0.4) is 0 Å². The Morgan fingerprint density at radius 1 is 1.50 bits per heavy atom. The van der Waals surface area contributed by atoms with Gasteiger partial charge in [-0.05, 0) is 37.8 Å². The molecule has 6 heteroatoms. The first-order valence-electron chi connectivity index (χ1n) is 7.49. The minimum Gasteiger partial charge on any atom is -0.489 e. The van der Waals surface area contributed by atoms with Gasteiger partial charge in [0.25, 0.3) is 0 Å². The molecule has 2 rings (SSSR count). The van der Waals surface area contributed by atoms with Crippen LogP contribution in [0.25, 0.3) is 0 Å². The summed E-state index contributed by atoms with van der Waals surface area (Å²) in [4.78, 5) is 11.9. The Labute approximate surface area is 137 Å². The van der Waals surface area contributed by atoms with Crippen molar-refractivity contribution in [3.05, 3.63) is 30.1 Å². The largest absolute Gasteiger partial charge is 0.489 e. The third-order valence-electron chi connectivity index (χ3n) is 3.89. The maximum Gasteiger partial charge on any atom is 0.220 e. The number of rotatable bonds is 6. The van der Waals surface area contributed by atoms with E-state index in [1.54, 1.807) is 12.1 Å². The smallest absolute Gasteiger partial charge is 0.220 e. The summed E-state index contributed by atoms with van der Waals surface area (Å²) in [7, 11) is 0. The summed E-state index contributed by atoms with van der Waals surface area (Å²) in [6.07, 6.45) is 3.42. The standard InChI is InChI=1S/C16H23FN2O2.ClH/c1-11(21-14-6-3-5-13(17)9-14)10-19-16(20)8-12-4-2-7-15(12)18;/h3,5-6,9,11-12,15H,2,4,7-8,10,18H2,1H3,(H,19,20);1H/t11?,12-,15+;/m0./s1. The number of nitrogens with one attached hydrogen (secondary N) is 1. The molecule has 0 heterocycles. The molecule has 0 saturated heterocycles. The first-order valence-corrected chi connectivity index (χ1v) is 7.49. The Hall–Kier alpha value is -1.33. The number of hydrogen-bond acceptors (Lipinski definition) is 3. The molecule has 3 atom stereocenters. The highest BCUT2D eigenvalue weighted by Crippen LogP contribution is 2.26. The number of amides is 1. The van der Waals surface area contributed by atoms with Gasteiger partial charge in [0.2, 0.25) is 5.91 Å². The summed E-state index contributed by atoms with van der Waals surface area (Å²) < 4.78 is 18.6. The van der Waals surface area contributed by atoms with Crippen molar-refractivity contribution in [2.45, 2.75) is 44.8 Å². The van der Waals surface area contributed by atoms with Crippen LogP contribution in [0.15, 0.2) is 24.3 Å². The van der Waals surface area contributed by atoms with Crippen LogP contribution in [0.4, 0.5) is 4.39 Å². The van der Waals surface area contributed by atoms with Crippen LogP contribution < -0.4 is 15.8 Å². The maximum absolute atomic E-state index is 13.0. The number of carbonyl (C=O) groups is 1. The van der Waals surface area contributed by atoms with Crippen molar-refractivity contribution in [1.82, 2.24) is 5.32 Å². The molecule has 1 aromatic rings. The van der Waals surface area contributed by atoms with Gasteiger partial charge in [0, 0.05) is 18.5 Å². The van der Waals surface area contributed by atoms with Gasteiger partial charge in [-0.1, -0.05) is 12.5 Å². The fraction of sp³-hybridized carbons (Fsp3) is 0.562. The first-order chi connectivity index (χ1) is 10.0. The summed E-state index contributed by atoms with van der Waals surface area (Å²) in [5, 5.41) is 2.85. The molecule has 0 bridgehead atoms. The second-order valence-electron chi connectivity index (χ2n) is 5.75. The molecule has 1 saturated carbocycles. The number of ether oxygens (including phenoxy) is 1. The van der Waals surface area contributed by atoms with E-state index in [4.69, 9.17) is 10.5 Å². The number of nitrogens with two attached hydrogens (primary N) is 1. The van der Waals surface area contributed by atoms with Gasteiger partial charge < -0.3 is 15.8 Å². The second-order valence-corrected chi connectivity index (χ2v) is 5.75. The fourth-order valence-corrected chi connectivity index (χ4v) is 2.70. The van der Waals surface area contributed by atoms with Crippen LogP contribution in [-0.4, -0.2) is 24.6 Å². The summed E-state index contributed by atoms with van der Waals surface area (Å²) in [6, 6.07) is 6.13. The molecule has 1 amide bonds. The predicted octanol–water partition coefficient (Wildman–Crippen LogP) is 2.65. The van der Waals surface area contributed by atoms with Crippen molar-refractivity contribution >= 4 is 18.3 Å². The molecule has 0 radical (unpaired) electrons. The van der Waals surface area contributed by atoms with Crippen molar-refractivity contribution in [3.63, 3.8) is 0 Å². The highest BCUT2D eigenvalue weighted by atomic mass is 35.5. The zero-order valence-corrected chi connectivity index (χ0v) is 13.6. The molecule has 0 spiro atoms. The van der Waals surface area contributed by atoms with Crippen LogP contribution in [-0.2, 0) is 4.79 Å². The fourth-order valence-electron chi connectivity index (χ4n) is 2.70. The minimum atomic E-state index is -0.334. The van der Waals surface area contributed by atoms with Crippen molar-refractivity contribution in [2.24, 2.45) is 11.7 Å². The average molecular weight is 331 g/mol. The molecule has 1 fully saturated rings. The number of hydrogen-bond donors (Lipinski definition) is 2. The SMILES string of the molecule is CC(CNC(=O)C[C@@H]1CCC[C@H]1N)Oc1cccc(F)c1.Cl. The number of benzene rings is 1. The maximum atomic E-state index is 13.0. The highest BCUT2D eigenvalue weighted by molar-refractivity contribution is 5.85. The van der Waals surface area contributed by atoms with Gasteiger partial charge in [0.1, 0.15) is 17.7 Å². The Balaban J connectivity index is 0.00000242. The van der Waals surface area contributed by atoms with Gasteiger partial charge in [-0.15, -0.1) is 12.4 Å². The Morgan fingerprint density at radius 2 is 2.27 bits per heavy atom. The van der Waals surface area contributed by atoms with Crippen molar-refractivity contribution in [3.8, 4) is 5.75 Å². The molecule has 1 aliphatic rings. The van der Waals surface area contributed by atoms with Gasteiger partial charge in [-0.3, -0.25) is 4.79 Å². The Bertz CT molecular complexity index is 487. The van der Waals surface area contributed by atoms with Crippen LogP contribution in [0.2, 0.25) is 0 Å². The van der Waals surface area contributed by atoms with E-state index in [1.165, 1.54) is 12.1 Å². The quantitative estimate of drug-likeness (QED) is 0.842. The van der Waals surface area contributed by atoms with E-state index in [0.29, 0.717) is 24.6 Å². The van der Waals surface area contributed by atoms with E-state index in [0.717, 1.165) is 19.3 Å². The van der Waals surface area contributed by atoms with E-state index in [2.05, 4.69) is 5.32 Å². The molecule has 0 aromatic heterocycles. The topological polar surface area (TPSA) is 64.4 Å². The summed E-state index contributed by atoms with van der Waals surface area (Å²) in [6.45, 7) is 2.24. The summed E-state index contributed by atoms with van der Waals surface area (Å²) >= 11 is 0. The van der Waals surface area contributed by atoms with Crippen molar-refractivity contribution < 1.29 is 13.9 Å². The zero-order valence-electron chi connectivity index (χ0n) is 12.8. The number of halogens is 2. The average Bonchev–Trinajstić information content (AvgIpc) is 2.82. The molecule has 4 nitrogen and oxygen atoms in total. The molecule has 124 valence electrons. The Morgan fingerprint density at radius 3 is 2.91 bits per heavy atom. The molecule has 1 aliphatic carbocycles. The normalized spacial score (nSPS) is 21.8.